The van der Waals surface area contributed by atoms with E-state index in [9.17, 15) is 9.59 Å². The van der Waals surface area contributed by atoms with Crippen LogP contribution in [0.4, 0.5) is 16.2 Å². The van der Waals surface area contributed by atoms with Crippen molar-refractivity contribution in [3.63, 3.8) is 0 Å². The van der Waals surface area contributed by atoms with E-state index in [1.54, 1.807) is 6.07 Å². The van der Waals surface area contributed by atoms with E-state index < -0.39 is 0 Å². The van der Waals surface area contributed by atoms with Gasteiger partial charge >= 0.3 is 12.0 Å². The SMILES string of the molecule is COC(=O)c1ccccc1-c1ccc(CNC(=O)Nc2ccc(N3CCC(N4CCCCC4)CC3)cc2)cc1. The molecule has 0 unspecified atom stereocenters. The summed E-state index contributed by atoms with van der Waals surface area (Å²) in [6.45, 7) is 5.10. The standard InChI is InChI=1S/C32H38N4O3/c1-39-31(37)30-8-4-3-7-29(30)25-11-9-24(10-12-25)23-33-32(38)34-26-13-15-27(16-14-26)36-21-17-28(18-22-36)35-19-5-2-6-20-35/h3-4,7-16,28H,2,5-6,17-23H2,1H3,(H2,33,34,38). The number of anilines is 2. The number of rotatable bonds is 7. The van der Waals surface area contributed by atoms with Crippen LogP contribution in [-0.4, -0.2) is 56.2 Å². The first kappa shape index (κ1) is 26.8. The third kappa shape index (κ3) is 6.79. The second-order valence-electron chi connectivity index (χ2n) is 10.4. The smallest absolute Gasteiger partial charge is 0.338 e. The van der Waals surface area contributed by atoms with Gasteiger partial charge in [-0.05, 0) is 85.8 Å². The van der Waals surface area contributed by atoms with Crippen molar-refractivity contribution in [3.05, 3.63) is 83.9 Å². The van der Waals surface area contributed by atoms with Crippen molar-refractivity contribution in [2.45, 2.75) is 44.7 Å². The van der Waals surface area contributed by atoms with Crippen LogP contribution in [0.1, 0.15) is 48.0 Å². The second-order valence-corrected chi connectivity index (χ2v) is 10.4. The summed E-state index contributed by atoms with van der Waals surface area (Å²) in [4.78, 5) is 29.8. The highest BCUT2D eigenvalue weighted by Gasteiger charge is 2.25. The zero-order valence-electron chi connectivity index (χ0n) is 22.7. The lowest BCUT2D eigenvalue weighted by atomic mass is 9.99. The molecule has 2 aliphatic heterocycles. The number of nitrogens with zero attached hydrogens (tertiary/aromatic N) is 2. The molecule has 2 amide bonds. The predicted octanol–water partition coefficient (Wildman–Crippen LogP) is 5.92. The van der Waals surface area contributed by atoms with Crippen molar-refractivity contribution < 1.29 is 14.3 Å². The zero-order valence-corrected chi connectivity index (χ0v) is 22.7. The Kier molecular flexibility index (Phi) is 8.78. The Bertz CT molecular complexity index is 1250. The van der Waals surface area contributed by atoms with Crippen molar-refractivity contribution in [1.82, 2.24) is 10.2 Å². The number of hydrogen-bond acceptors (Lipinski definition) is 5. The first-order chi connectivity index (χ1) is 19.1. The maximum absolute atomic E-state index is 12.5. The summed E-state index contributed by atoms with van der Waals surface area (Å²) in [5.74, 6) is -0.363. The molecule has 2 saturated heterocycles. The summed E-state index contributed by atoms with van der Waals surface area (Å²) in [6.07, 6.45) is 6.53. The molecule has 2 heterocycles. The van der Waals surface area contributed by atoms with Crippen LogP contribution in [0, 0.1) is 0 Å². The highest BCUT2D eigenvalue weighted by atomic mass is 16.5. The predicted molar refractivity (Wildman–Crippen MR) is 156 cm³/mol. The van der Waals surface area contributed by atoms with Gasteiger partial charge in [0.25, 0.3) is 0 Å². The number of methoxy groups -OCH3 is 1. The van der Waals surface area contributed by atoms with E-state index in [1.807, 2.05) is 54.6 Å². The van der Waals surface area contributed by atoms with Crippen LogP contribution >= 0.6 is 0 Å². The molecule has 0 bridgehead atoms. The summed E-state index contributed by atoms with van der Waals surface area (Å²) in [5, 5.41) is 5.85. The van der Waals surface area contributed by atoms with E-state index in [1.165, 1.54) is 58.0 Å². The average molecular weight is 527 g/mol. The van der Waals surface area contributed by atoms with Gasteiger partial charge in [-0.2, -0.15) is 0 Å². The molecule has 0 aliphatic carbocycles. The van der Waals surface area contributed by atoms with Gasteiger partial charge in [0, 0.05) is 37.1 Å². The third-order valence-electron chi connectivity index (χ3n) is 7.91. The molecule has 0 radical (unpaired) electrons. The number of hydrogen-bond donors (Lipinski definition) is 2. The molecule has 0 atom stereocenters. The first-order valence-corrected chi connectivity index (χ1v) is 14.0. The lowest BCUT2D eigenvalue weighted by Crippen LogP contribution is -2.46. The van der Waals surface area contributed by atoms with E-state index in [0.717, 1.165) is 41.5 Å². The van der Waals surface area contributed by atoms with Crippen molar-refractivity contribution >= 4 is 23.4 Å². The fourth-order valence-electron chi connectivity index (χ4n) is 5.71. The molecule has 2 N–H and O–H groups in total. The van der Waals surface area contributed by atoms with Gasteiger partial charge in [-0.1, -0.05) is 48.9 Å². The lowest BCUT2D eigenvalue weighted by molar-refractivity contribution is 0.0601. The number of likely N-dealkylation sites (tertiary alicyclic amines) is 1. The molecule has 7 heteroatoms. The fraction of sp³-hybridized carbons (Fsp3) is 0.375. The molecular weight excluding hydrogens is 488 g/mol. The Hall–Kier alpha value is -3.84. The van der Waals surface area contributed by atoms with Gasteiger partial charge < -0.3 is 25.2 Å². The molecular formula is C32H38N4O3. The topological polar surface area (TPSA) is 73.9 Å². The quantitative estimate of drug-likeness (QED) is 0.374. The fourth-order valence-corrected chi connectivity index (χ4v) is 5.71. The number of urea groups is 1. The van der Waals surface area contributed by atoms with E-state index in [-0.39, 0.29) is 12.0 Å². The zero-order chi connectivity index (χ0) is 27.0. The first-order valence-electron chi connectivity index (χ1n) is 14.0. The average Bonchev–Trinajstić information content (AvgIpc) is 3.01. The second kappa shape index (κ2) is 12.8. The Morgan fingerprint density at radius 1 is 0.846 bits per heavy atom. The molecule has 3 aromatic rings. The molecule has 204 valence electrons. The molecule has 0 aromatic heterocycles. The summed E-state index contributed by atoms with van der Waals surface area (Å²) >= 11 is 0. The maximum atomic E-state index is 12.5. The van der Waals surface area contributed by atoms with Crippen molar-refractivity contribution in [2.75, 3.05) is 43.5 Å². The molecule has 7 nitrogen and oxygen atoms in total. The van der Waals surface area contributed by atoms with E-state index in [0.29, 0.717) is 12.1 Å². The number of esters is 1. The molecule has 2 fully saturated rings. The van der Waals surface area contributed by atoms with Crippen LogP contribution in [0.5, 0.6) is 0 Å². The number of nitrogens with one attached hydrogen (secondary N) is 2. The Morgan fingerprint density at radius 3 is 2.23 bits per heavy atom. The molecule has 0 spiro atoms. The molecule has 3 aromatic carbocycles. The highest BCUT2D eigenvalue weighted by molar-refractivity contribution is 5.97. The van der Waals surface area contributed by atoms with Crippen molar-refractivity contribution in [1.29, 1.82) is 0 Å². The van der Waals surface area contributed by atoms with Gasteiger partial charge in [0.05, 0.1) is 12.7 Å². The summed E-state index contributed by atoms with van der Waals surface area (Å²) in [6, 6.07) is 23.8. The Balaban J connectivity index is 1.09. The minimum Gasteiger partial charge on any atom is -0.465 e. The number of benzene rings is 3. The van der Waals surface area contributed by atoms with Crippen LogP contribution in [0.2, 0.25) is 0 Å². The van der Waals surface area contributed by atoms with Gasteiger partial charge in [0.1, 0.15) is 0 Å². The highest BCUT2D eigenvalue weighted by Crippen LogP contribution is 2.26. The van der Waals surface area contributed by atoms with Crippen LogP contribution in [0.25, 0.3) is 11.1 Å². The van der Waals surface area contributed by atoms with E-state index >= 15 is 0 Å². The molecule has 5 rings (SSSR count). The molecule has 39 heavy (non-hydrogen) atoms. The van der Waals surface area contributed by atoms with Crippen molar-refractivity contribution in [3.8, 4) is 11.1 Å². The van der Waals surface area contributed by atoms with Crippen LogP contribution in [-0.2, 0) is 11.3 Å². The third-order valence-corrected chi connectivity index (χ3v) is 7.91. The van der Waals surface area contributed by atoms with E-state index in [4.69, 9.17) is 4.74 Å². The van der Waals surface area contributed by atoms with Crippen LogP contribution in [0.15, 0.2) is 72.8 Å². The van der Waals surface area contributed by atoms with Gasteiger partial charge in [0.2, 0.25) is 0 Å². The van der Waals surface area contributed by atoms with Gasteiger partial charge in [-0.3, -0.25) is 0 Å². The van der Waals surface area contributed by atoms with Gasteiger partial charge in [-0.25, -0.2) is 9.59 Å². The Morgan fingerprint density at radius 2 is 1.54 bits per heavy atom. The number of carbonyl (C=O) groups excluding carboxylic acids is 2. The largest absolute Gasteiger partial charge is 0.465 e. The minimum absolute atomic E-state index is 0.245. The number of piperidine rings is 2. The number of carbonyl (C=O) groups is 2. The van der Waals surface area contributed by atoms with Crippen molar-refractivity contribution in [2.24, 2.45) is 0 Å². The Labute approximate surface area is 231 Å². The normalized spacial score (nSPS) is 16.5. The van der Waals surface area contributed by atoms with Gasteiger partial charge in [0.15, 0.2) is 0 Å². The monoisotopic (exact) mass is 526 g/mol. The van der Waals surface area contributed by atoms with Crippen LogP contribution < -0.4 is 15.5 Å². The minimum atomic E-state index is -0.363. The number of amides is 2. The maximum Gasteiger partial charge on any atom is 0.338 e. The summed E-state index contributed by atoms with van der Waals surface area (Å²) in [5.41, 5.74) is 5.21. The molecule has 0 saturated carbocycles. The lowest BCUT2D eigenvalue weighted by Gasteiger charge is -2.41. The number of ether oxygens (including phenoxy) is 1. The van der Waals surface area contributed by atoms with Gasteiger partial charge in [-0.15, -0.1) is 0 Å². The van der Waals surface area contributed by atoms with Crippen LogP contribution in [0.3, 0.4) is 0 Å². The summed E-state index contributed by atoms with van der Waals surface area (Å²) in [7, 11) is 1.38. The summed E-state index contributed by atoms with van der Waals surface area (Å²) < 4.78 is 4.90. The van der Waals surface area contributed by atoms with E-state index in [2.05, 4.69) is 32.6 Å². The molecule has 2 aliphatic rings.